The fraction of sp³-hybridized carbons (Fsp3) is 0.556. The van der Waals surface area contributed by atoms with Crippen molar-refractivity contribution in [3.05, 3.63) is 42.6 Å². The fourth-order valence-electron chi connectivity index (χ4n) is 5.26. The van der Waals surface area contributed by atoms with E-state index in [1.165, 1.54) is 6.42 Å². The van der Waals surface area contributed by atoms with Gasteiger partial charge in [-0.25, -0.2) is 15.0 Å². The van der Waals surface area contributed by atoms with Crippen LogP contribution in [0.15, 0.2) is 36.9 Å². The van der Waals surface area contributed by atoms with Crippen LogP contribution in [0.2, 0.25) is 0 Å². The third-order valence-corrected chi connectivity index (χ3v) is 7.52. The van der Waals surface area contributed by atoms with Gasteiger partial charge in [0, 0.05) is 49.0 Å². The fourth-order valence-corrected chi connectivity index (χ4v) is 5.26. The van der Waals surface area contributed by atoms with Crippen LogP contribution in [0.3, 0.4) is 0 Å². The van der Waals surface area contributed by atoms with Crippen LogP contribution in [0, 0.1) is 5.92 Å². The van der Waals surface area contributed by atoms with Gasteiger partial charge in [0.05, 0.1) is 24.8 Å². The third kappa shape index (κ3) is 5.32. The molecule has 8 nitrogen and oxygen atoms in total. The molecule has 3 aliphatic rings. The average molecular weight is 476 g/mol. The smallest absolute Gasteiger partial charge is 0.216 e. The van der Waals surface area contributed by atoms with Gasteiger partial charge >= 0.3 is 0 Å². The standard InChI is InChI=1S/C27H33N5O3/c1-2-22(3-1)35-26-15-20(30-18-31-26)14-19-4-6-23(7-5-19)34-25-17-21(32-10-12-33-13-11-32)16-24-27(25)29-9-8-28-24/h8-9,15-19,22-23H,1-7,10-14H2. The van der Waals surface area contributed by atoms with E-state index in [0.717, 1.165) is 105 Å². The molecule has 1 saturated heterocycles. The molecule has 6 rings (SSSR count). The van der Waals surface area contributed by atoms with Crippen molar-refractivity contribution >= 4 is 16.7 Å². The van der Waals surface area contributed by atoms with Crippen molar-refractivity contribution in [2.24, 2.45) is 5.92 Å². The predicted octanol–water partition coefficient (Wildman–Crippen LogP) is 4.37. The van der Waals surface area contributed by atoms with Gasteiger partial charge in [-0.05, 0) is 63.4 Å². The number of hydrogen-bond acceptors (Lipinski definition) is 8. The van der Waals surface area contributed by atoms with E-state index in [1.54, 1.807) is 18.7 Å². The SMILES string of the molecule is c1nc(CC2CCC(Oc3cc(N4CCOCC4)cc4nccnc34)CC2)cc(OC2CCC2)n1. The molecule has 2 saturated carbocycles. The molecule has 3 aromatic rings. The van der Waals surface area contributed by atoms with Crippen molar-refractivity contribution < 1.29 is 14.2 Å². The number of fused-ring (bicyclic) bond motifs is 1. The van der Waals surface area contributed by atoms with E-state index >= 15 is 0 Å². The van der Waals surface area contributed by atoms with Gasteiger partial charge in [-0.1, -0.05) is 0 Å². The Morgan fingerprint density at radius 2 is 1.63 bits per heavy atom. The van der Waals surface area contributed by atoms with Gasteiger partial charge in [0.2, 0.25) is 5.88 Å². The second-order valence-electron chi connectivity index (χ2n) is 9.95. The van der Waals surface area contributed by atoms with Crippen LogP contribution in [-0.2, 0) is 11.2 Å². The zero-order chi connectivity index (χ0) is 23.5. The Bertz CT molecular complexity index is 1140. The molecule has 0 spiro atoms. The van der Waals surface area contributed by atoms with Crippen molar-refractivity contribution in [3.8, 4) is 11.6 Å². The second kappa shape index (κ2) is 10.3. The van der Waals surface area contributed by atoms with Crippen molar-refractivity contribution in [2.75, 3.05) is 31.2 Å². The van der Waals surface area contributed by atoms with Crippen molar-refractivity contribution in [1.82, 2.24) is 19.9 Å². The molecule has 0 radical (unpaired) electrons. The van der Waals surface area contributed by atoms with Crippen molar-refractivity contribution in [2.45, 2.75) is 63.6 Å². The van der Waals surface area contributed by atoms with Crippen LogP contribution >= 0.6 is 0 Å². The molecule has 1 aromatic carbocycles. The van der Waals surface area contributed by atoms with E-state index in [-0.39, 0.29) is 6.10 Å². The van der Waals surface area contributed by atoms with Gasteiger partial charge in [-0.15, -0.1) is 0 Å². The van der Waals surface area contributed by atoms with Gasteiger partial charge < -0.3 is 19.1 Å². The maximum Gasteiger partial charge on any atom is 0.216 e. The Labute approximate surface area is 206 Å². The Morgan fingerprint density at radius 1 is 0.829 bits per heavy atom. The second-order valence-corrected chi connectivity index (χ2v) is 9.95. The summed E-state index contributed by atoms with van der Waals surface area (Å²) in [5, 5.41) is 0. The van der Waals surface area contributed by atoms with Crippen LogP contribution in [-0.4, -0.2) is 58.4 Å². The zero-order valence-corrected chi connectivity index (χ0v) is 20.1. The number of rotatable bonds is 7. The highest BCUT2D eigenvalue weighted by Crippen LogP contribution is 2.35. The summed E-state index contributed by atoms with van der Waals surface area (Å²) in [6, 6.07) is 6.28. The molecule has 8 heteroatoms. The van der Waals surface area contributed by atoms with Crippen molar-refractivity contribution in [3.63, 3.8) is 0 Å². The summed E-state index contributed by atoms with van der Waals surface area (Å²) < 4.78 is 18.1. The quantitative estimate of drug-likeness (QED) is 0.498. The van der Waals surface area contributed by atoms with Gasteiger partial charge in [0.1, 0.15) is 23.7 Å². The Hall–Kier alpha value is -3.00. The number of anilines is 1. The largest absolute Gasteiger partial charge is 0.488 e. The molecule has 1 aliphatic heterocycles. The first kappa shape index (κ1) is 22.5. The maximum absolute atomic E-state index is 6.57. The number of aromatic nitrogens is 4. The van der Waals surface area contributed by atoms with Crippen LogP contribution in [0.25, 0.3) is 11.0 Å². The normalized spacial score (nSPS) is 23.1. The van der Waals surface area contributed by atoms with Crippen LogP contribution in [0.5, 0.6) is 11.6 Å². The molecule has 2 aliphatic carbocycles. The lowest BCUT2D eigenvalue weighted by Gasteiger charge is -2.31. The molecule has 35 heavy (non-hydrogen) atoms. The van der Waals surface area contributed by atoms with E-state index in [1.807, 2.05) is 6.07 Å². The molecule has 0 atom stereocenters. The molecule has 0 amide bonds. The molecular formula is C27H33N5O3. The number of hydrogen-bond donors (Lipinski definition) is 0. The van der Waals surface area contributed by atoms with Gasteiger partial charge in [0.15, 0.2) is 0 Å². The Morgan fingerprint density at radius 3 is 2.43 bits per heavy atom. The minimum Gasteiger partial charge on any atom is -0.488 e. The molecule has 184 valence electrons. The molecule has 0 bridgehead atoms. The first-order valence-corrected chi connectivity index (χ1v) is 13.0. The maximum atomic E-state index is 6.57. The lowest BCUT2D eigenvalue weighted by molar-refractivity contribution is 0.114. The molecule has 0 N–H and O–H groups in total. The highest BCUT2D eigenvalue weighted by Gasteiger charge is 2.25. The summed E-state index contributed by atoms with van der Waals surface area (Å²) in [5.41, 5.74) is 3.93. The monoisotopic (exact) mass is 475 g/mol. The number of morpholine rings is 1. The Kier molecular flexibility index (Phi) is 6.62. The highest BCUT2D eigenvalue weighted by molar-refractivity contribution is 5.85. The predicted molar refractivity (Wildman–Crippen MR) is 133 cm³/mol. The van der Waals surface area contributed by atoms with E-state index in [0.29, 0.717) is 12.0 Å². The minimum absolute atomic E-state index is 0.194. The number of benzene rings is 1. The topological polar surface area (TPSA) is 82.5 Å². The summed E-state index contributed by atoms with van der Waals surface area (Å²) in [4.78, 5) is 20.3. The molecular weight excluding hydrogens is 442 g/mol. The van der Waals surface area contributed by atoms with E-state index in [9.17, 15) is 0 Å². The highest BCUT2D eigenvalue weighted by atomic mass is 16.5. The van der Waals surface area contributed by atoms with Gasteiger partial charge in [0.25, 0.3) is 0 Å². The van der Waals surface area contributed by atoms with E-state index in [2.05, 4.69) is 37.0 Å². The average Bonchev–Trinajstić information content (AvgIpc) is 2.88. The summed E-state index contributed by atoms with van der Waals surface area (Å²) in [5.74, 6) is 2.18. The summed E-state index contributed by atoms with van der Waals surface area (Å²) in [6.45, 7) is 3.26. The minimum atomic E-state index is 0.194. The van der Waals surface area contributed by atoms with Gasteiger partial charge in [-0.3, -0.25) is 4.98 Å². The van der Waals surface area contributed by atoms with Crippen LogP contribution in [0.4, 0.5) is 5.69 Å². The lowest BCUT2D eigenvalue weighted by atomic mass is 9.84. The van der Waals surface area contributed by atoms with E-state index in [4.69, 9.17) is 14.2 Å². The number of ether oxygens (including phenoxy) is 3. The first-order valence-electron chi connectivity index (χ1n) is 13.0. The molecule has 2 aromatic heterocycles. The Balaban J connectivity index is 1.09. The number of nitrogens with zero attached hydrogens (tertiary/aromatic N) is 5. The van der Waals surface area contributed by atoms with Crippen LogP contribution in [0.1, 0.15) is 50.6 Å². The van der Waals surface area contributed by atoms with Gasteiger partial charge in [-0.2, -0.15) is 0 Å². The molecule has 0 unspecified atom stereocenters. The third-order valence-electron chi connectivity index (χ3n) is 7.52. The molecule has 3 fully saturated rings. The van der Waals surface area contributed by atoms with Crippen molar-refractivity contribution in [1.29, 1.82) is 0 Å². The lowest BCUT2D eigenvalue weighted by Crippen LogP contribution is -2.36. The van der Waals surface area contributed by atoms with E-state index < -0.39 is 0 Å². The molecule has 3 heterocycles. The summed E-state index contributed by atoms with van der Waals surface area (Å²) >= 11 is 0. The zero-order valence-electron chi connectivity index (χ0n) is 20.1. The summed E-state index contributed by atoms with van der Waals surface area (Å²) in [7, 11) is 0. The first-order chi connectivity index (χ1) is 17.3. The summed E-state index contributed by atoms with van der Waals surface area (Å²) in [6.07, 6.45) is 14.5. The van der Waals surface area contributed by atoms with Crippen LogP contribution < -0.4 is 14.4 Å².